The first-order valence-electron chi connectivity index (χ1n) is 22.7. The second-order valence-corrected chi connectivity index (χ2v) is 66.6. The van der Waals surface area contributed by atoms with Gasteiger partial charge in [-0.2, -0.15) is 8.61 Å². The monoisotopic (exact) mass is 1760 g/mol. The van der Waals surface area contributed by atoms with Crippen molar-refractivity contribution in [3.8, 4) is 11.5 Å². The summed E-state index contributed by atoms with van der Waals surface area (Å²) < 4.78 is 75.1. The Labute approximate surface area is 505 Å². The number of aromatic amines is 2. The van der Waals surface area contributed by atoms with Crippen LogP contribution in [0.15, 0.2) is 46.2 Å². The molecule has 2 aliphatic heterocycles. The van der Waals surface area contributed by atoms with Crippen LogP contribution >= 0.6 is 128 Å². The Kier molecular flexibility index (Phi) is 28.0. The van der Waals surface area contributed by atoms with E-state index < -0.39 is 26.0 Å². The number of hydrogen-bond acceptors (Lipinski definition) is 13. The van der Waals surface area contributed by atoms with Crippen molar-refractivity contribution < 1.29 is 65.0 Å². The molecule has 4 heterocycles. The van der Waals surface area contributed by atoms with Gasteiger partial charge in [-0.15, -0.1) is 0 Å². The fourth-order valence-corrected chi connectivity index (χ4v) is 11.4. The first-order valence-corrected chi connectivity index (χ1v) is 42.8. The van der Waals surface area contributed by atoms with Crippen molar-refractivity contribution in [3.05, 3.63) is 87.0 Å². The summed E-state index contributed by atoms with van der Waals surface area (Å²) in [6.07, 6.45) is 5.77. The number of aromatic nitrogens is 2. The van der Waals surface area contributed by atoms with E-state index in [1.807, 2.05) is 6.92 Å². The predicted molar refractivity (Wildman–Crippen MR) is 327 cm³/mol. The number of carboxylic acids is 1. The molecular formula is C46H58I6N5O13S2V. The number of rotatable bonds is 10. The standard InChI is InChI=1S/C23H28N2O6S.C11H16N2O4S.C11H13NO3.CHI3.3HI.V/c1-15-22-18(5-3-4-6-19(22)26)23(24-15)20(27)14-16-13-17(7-8-21(16)30-2)32(28,29)25-9-11-31-12-10-25;1-16-11-3-2-9(8-10(11)12)18(14,15)13-4-6-17-7-5-13;1-6-9-7(10(12-6)11(14)15)4-2-3-5-8(9)13;2-1(3)4;;;;/h7-8,13,24H,3-6,9-12,14H2,1-2H3;2-3,8H,4-7,12H2,1H3;12H,2-5H2,1H3,(H,14,15);1H;3*1H;/q;;;;;;;+3/p-3. The van der Waals surface area contributed by atoms with Gasteiger partial charge in [-0.1, -0.05) is 67.8 Å². The second-order valence-electron chi connectivity index (χ2n) is 16.5. The molecule has 0 spiro atoms. The van der Waals surface area contributed by atoms with E-state index in [-0.39, 0.29) is 44.2 Å². The van der Waals surface area contributed by atoms with Crippen LogP contribution in [0.25, 0.3) is 0 Å². The zero-order chi connectivity index (χ0) is 54.2. The van der Waals surface area contributed by atoms with Gasteiger partial charge < -0.3 is 39.8 Å². The number of carboxylic acid groups (broad SMARTS) is 1. The van der Waals surface area contributed by atoms with E-state index in [0.29, 0.717) is 135 Å². The number of aryl methyl sites for hydroxylation is 2. The van der Waals surface area contributed by atoms with Crippen molar-refractivity contribution in [1.29, 1.82) is 0 Å². The third-order valence-corrected chi connectivity index (χ3v) is 15.6. The van der Waals surface area contributed by atoms with E-state index in [1.165, 1.54) is 47.1 Å². The normalized spacial score (nSPS) is 16.3. The Hall–Kier alpha value is -0.416. The molecule has 5 N–H and O–H groups in total. The predicted octanol–water partition coefficient (Wildman–Crippen LogP) is 10.1. The molecule has 4 aliphatic rings. The van der Waals surface area contributed by atoms with E-state index >= 15 is 0 Å². The number of methoxy groups -OCH3 is 2. The average molecular weight is 1770 g/mol. The van der Waals surface area contributed by atoms with Gasteiger partial charge in [0.2, 0.25) is 20.0 Å². The number of hydrogen-bond donors (Lipinski definition) is 4. The van der Waals surface area contributed by atoms with Gasteiger partial charge >= 0.3 is 70.8 Å². The third-order valence-electron chi connectivity index (χ3n) is 11.8. The molecule has 73 heavy (non-hydrogen) atoms. The molecule has 2 aromatic carbocycles. The van der Waals surface area contributed by atoms with Crippen molar-refractivity contribution in [2.75, 3.05) is 72.6 Å². The first kappa shape index (κ1) is 65.1. The Morgan fingerprint density at radius 3 is 1.49 bits per heavy atom. The number of carbonyl (C=O) groups is 4. The number of ketones is 3. The van der Waals surface area contributed by atoms with Gasteiger partial charge in [-0.25, -0.2) is 21.6 Å². The quantitative estimate of drug-likeness (QED) is 0.0379. The average Bonchev–Trinajstić information content (AvgIpc) is 3.69. The number of alkyl halides is 3. The molecule has 2 aliphatic carbocycles. The Morgan fingerprint density at radius 2 is 1.08 bits per heavy atom. The summed E-state index contributed by atoms with van der Waals surface area (Å²) >= 11 is 14.3. The van der Waals surface area contributed by atoms with Crippen molar-refractivity contribution in [1.82, 2.24) is 18.6 Å². The zero-order valence-electron chi connectivity index (χ0n) is 40.4. The second kappa shape index (κ2) is 31.4. The van der Waals surface area contributed by atoms with E-state index in [2.05, 4.69) is 138 Å². The van der Waals surface area contributed by atoms with Gasteiger partial charge in [0.05, 0.1) is 61.8 Å². The van der Waals surface area contributed by atoms with Gasteiger partial charge in [-0.3, -0.25) is 14.4 Å². The number of ether oxygens (including phenoxy) is 4. The number of nitrogens with zero attached hydrogens (tertiary/aromatic N) is 2. The summed E-state index contributed by atoms with van der Waals surface area (Å²) in [5.74, 6) is -0.108. The van der Waals surface area contributed by atoms with Crippen molar-refractivity contribution in [2.45, 2.75) is 81.4 Å². The number of nitrogens with one attached hydrogen (secondary N) is 2. The van der Waals surface area contributed by atoms with Gasteiger partial charge in [0, 0.05) is 73.5 Å². The summed E-state index contributed by atoms with van der Waals surface area (Å²) in [5.41, 5.74) is 11.3. The van der Waals surface area contributed by atoms with Crippen LogP contribution in [-0.2, 0) is 53.7 Å². The molecule has 0 amide bonds. The molecule has 0 saturated carbocycles. The number of H-pyrrole nitrogens is 2. The van der Waals surface area contributed by atoms with Crippen LogP contribution in [0.4, 0.5) is 5.69 Å². The topological polar surface area (TPSA) is 258 Å². The summed E-state index contributed by atoms with van der Waals surface area (Å²) in [5, 5.41) is 8.99. The number of benzene rings is 2. The molecular weight excluding hydrogens is 1710 g/mol. The third kappa shape index (κ3) is 18.9. The molecule has 0 bridgehead atoms. The number of Topliss-reactive ketones (excluding diaryl/α,β-unsaturated/α-hetero) is 3. The molecule has 404 valence electrons. The number of morpholine rings is 2. The van der Waals surface area contributed by atoms with Crippen molar-refractivity contribution in [3.63, 3.8) is 0 Å². The van der Waals surface area contributed by atoms with E-state index in [9.17, 15) is 36.0 Å². The van der Waals surface area contributed by atoms with Gasteiger partial charge in [0.1, 0.15) is 17.1 Å². The number of nitrogens with two attached hydrogens (primary N) is 1. The van der Waals surface area contributed by atoms with Crippen molar-refractivity contribution in [2.24, 2.45) is 0 Å². The fraction of sp³-hybridized carbons (Fsp3) is 0.478. The van der Waals surface area contributed by atoms with Gasteiger partial charge in [0.15, 0.2) is 17.3 Å². The van der Waals surface area contributed by atoms with Crippen LogP contribution in [0.1, 0.15) is 108 Å². The zero-order valence-corrected chi connectivity index (χ0v) is 56.4. The number of sulfonamides is 2. The molecule has 18 nitrogen and oxygen atoms in total. The van der Waals surface area contributed by atoms with Crippen LogP contribution in [0.2, 0.25) is 0 Å². The van der Waals surface area contributed by atoms with Crippen LogP contribution in [0.5, 0.6) is 11.5 Å². The van der Waals surface area contributed by atoms with Crippen LogP contribution < -0.4 is 15.2 Å². The number of carbonyl (C=O) groups excluding carboxylic acids is 3. The molecule has 2 saturated heterocycles. The minimum absolute atomic E-state index is 0.0315. The van der Waals surface area contributed by atoms with Gasteiger partial charge in [0.25, 0.3) is 0 Å². The summed E-state index contributed by atoms with van der Waals surface area (Å²) in [4.78, 5) is 54.4. The maximum absolute atomic E-state index is 13.3. The number of anilines is 1. The summed E-state index contributed by atoms with van der Waals surface area (Å²) in [6, 6.07) is 9.08. The van der Waals surface area contributed by atoms with Crippen LogP contribution in [-0.4, -0.2) is 131 Å². The number of aromatic carboxylic acids is 1. The summed E-state index contributed by atoms with van der Waals surface area (Å²) in [6.45, 7) is 6.46. The maximum atomic E-state index is 13.3. The number of fused-ring (bicyclic) bond motifs is 2. The Morgan fingerprint density at radius 1 is 0.699 bits per heavy atom. The number of halogens is 6. The van der Waals surface area contributed by atoms with E-state index in [4.69, 9.17) is 29.8 Å². The molecule has 27 heteroatoms. The molecule has 8 rings (SSSR count). The Balaban J connectivity index is 0.000000237. The fourth-order valence-electron chi connectivity index (χ4n) is 8.51. The molecule has 0 atom stereocenters. The van der Waals surface area contributed by atoms with E-state index in [1.54, 1.807) is 19.1 Å². The van der Waals surface area contributed by atoms with Crippen LogP contribution in [0, 0.1) is 13.8 Å². The molecule has 0 radical (unpaired) electrons. The van der Waals surface area contributed by atoms with Gasteiger partial charge in [-0.05, 0) is 99.9 Å². The number of nitrogen functional groups attached to an aromatic ring is 1. The molecule has 2 aromatic heterocycles. The van der Waals surface area contributed by atoms with Crippen LogP contribution in [0.3, 0.4) is 0 Å². The molecule has 4 aromatic rings. The van der Waals surface area contributed by atoms with E-state index in [0.717, 1.165) is 31.2 Å². The minimum atomic E-state index is -3.70. The first-order chi connectivity index (χ1) is 34.4. The molecule has 2 fully saturated rings. The Bertz CT molecular complexity index is 2770. The van der Waals surface area contributed by atoms with Crippen molar-refractivity contribution >= 4 is 177 Å². The summed E-state index contributed by atoms with van der Waals surface area (Å²) in [7, 11) is -4.21. The SMILES string of the molecule is COc1ccc(S(=O)(=O)N2CCOCC2)cc1CC(=O)c1[nH]c(C)c2c1CCCCC2=O.COc1ccc(S(=O)(=O)N2CCOCC2)cc1N.Cc1[nH]c(C(=O)O)c2c1C(=O)CCCC2.IC(I)I.[I][V]([I])[I]. The molecule has 0 unspecified atom stereocenters.